The van der Waals surface area contributed by atoms with Crippen molar-refractivity contribution in [1.29, 1.82) is 0 Å². The highest BCUT2D eigenvalue weighted by Crippen LogP contribution is 2.28. The summed E-state index contributed by atoms with van der Waals surface area (Å²) >= 11 is 0. The van der Waals surface area contributed by atoms with E-state index in [1.54, 1.807) is 0 Å². The molecule has 1 heterocycles. The third-order valence-corrected chi connectivity index (χ3v) is 5.65. The van der Waals surface area contributed by atoms with Crippen molar-refractivity contribution in [3.05, 3.63) is 35.9 Å². The number of hydrogen-bond acceptors (Lipinski definition) is 3. The van der Waals surface area contributed by atoms with Gasteiger partial charge in [-0.05, 0) is 57.3 Å². The minimum absolute atomic E-state index is 0.739. The molecule has 2 aliphatic rings. The predicted molar refractivity (Wildman–Crippen MR) is 97.8 cm³/mol. The summed E-state index contributed by atoms with van der Waals surface area (Å²) in [6.07, 6.45) is 6.69. The second kappa shape index (κ2) is 8.81. The zero-order valence-electron chi connectivity index (χ0n) is 14.7. The smallest absolute Gasteiger partial charge is 0.0110 e. The van der Waals surface area contributed by atoms with Crippen LogP contribution >= 0.6 is 0 Å². The summed E-state index contributed by atoms with van der Waals surface area (Å²) in [6.45, 7) is 7.40. The van der Waals surface area contributed by atoms with E-state index in [-0.39, 0.29) is 0 Å². The molecule has 3 rings (SSSR count). The van der Waals surface area contributed by atoms with E-state index in [9.17, 15) is 0 Å². The first-order valence-electron chi connectivity index (χ1n) is 9.49. The molecule has 1 aromatic rings. The van der Waals surface area contributed by atoms with E-state index in [1.807, 2.05) is 0 Å². The largest absolute Gasteiger partial charge is 0.314 e. The Balaban J connectivity index is 1.34. The van der Waals surface area contributed by atoms with Gasteiger partial charge in [-0.15, -0.1) is 0 Å². The monoisotopic (exact) mass is 315 g/mol. The van der Waals surface area contributed by atoms with Gasteiger partial charge in [0.1, 0.15) is 0 Å². The topological polar surface area (TPSA) is 18.5 Å². The van der Waals surface area contributed by atoms with Crippen molar-refractivity contribution in [2.45, 2.75) is 38.1 Å². The molecule has 0 unspecified atom stereocenters. The molecular weight excluding hydrogens is 282 g/mol. The molecule has 23 heavy (non-hydrogen) atoms. The fraction of sp³-hybridized carbons (Fsp3) is 0.700. The van der Waals surface area contributed by atoms with Gasteiger partial charge in [0.25, 0.3) is 0 Å². The van der Waals surface area contributed by atoms with E-state index >= 15 is 0 Å². The van der Waals surface area contributed by atoms with Crippen LogP contribution in [0.25, 0.3) is 0 Å². The lowest BCUT2D eigenvalue weighted by Gasteiger charge is -2.32. The third-order valence-electron chi connectivity index (χ3n) is 5.65. The van der Waals surface area contributed by atoms with Gasteiger partial charge in [-0.25, -0.2) is 0 Å². The lowest BCUT2D eigenvalue weighted by atomic mass is 9.94. The van der Waals surface area contributed by atoms with Gasteiger partial charge in [0.15, 0.2) is 0 Å². The van der Waals surface area contributed by atoms with Gasteiger partial charge >= 0.3 is 0 Å². The van der Waals surface area contributed by atoms with Crippen LogP contribution in [0.4, 0.5) is 0 Å². The first-order valence-corrected chi connectivity index (χ1v) is 9.49. The molecule has 1 aromatic carbocycles. The van der Waals surface area contributed by atoms with Crippen LogP contribution in [0.5, 0.6) is 0 Å². The minimum Gasteiger partial charge on any atom is -0.314 e. The van der Waals surface area contributed by atoms with Gasteiger partial charge < -0.3 is 15.1 Å². The van der Waals surface area contributed by atoms with Crippen LogP contribution in [0.2, 0.25) is 0 Å². The zero-order valence-corrected chi connectivity index (χ0v) is 14.7. The molecule has 128 valence electrons. The van der Waals surface area contributed by atoms with E-state index in [4.69, 9.17) is 0 Å². The molecule has 1 aliphatic heterocycles. The van der Waals surface area contributed by atoms with Crippen molar-refractivity contribution in [3.63, 3.8) is 0 Å². The third kappa shape index (κ3) is 5.30. The van der Waals surface area contributed by atoms with E-state index in [0.29, 0.717) is 0 Å². The lowest BCUT2D eigenvalue weighted by molar-refractivity contribution is 0.152. The summed E-state index contributed by atoms with van der Waals surface area (Å²) in [5.41, 5.74) is 1.50. The van der Waals surface area contributed by atoms with Crippen LogP contribution in [-0.4, -0.2) is 62.2 Å². The maximum Gasteiger partial charge on any atom is 0.0110 e. The average Bonchev–Trinajstić information content (AvgIpc) is 3.01. The van der Waals surface area contributed by atoms with E-state index in [1.165, 1.54) is 76.9 Å². The van der Waals surface area contributed by atoms with Gasteiger partial charge in [-0.2, -0.15) is 0 Å². The number of piperazine rings is 1. The Morgan fingerprint density at radius 3 is 2.61 bits per heavy atom. The lowest BCUT2D eigenvalue weighted by Crippen LogP contribution is -2.45. The molecule has 1 aliphatic carbocycles. The SMILES string of the molecule is CN1CCN(CCCN[C@@H]2CCC[C@@H]2Cc2ccccc2)CC1. The number of nitrogens with zero attached hydrogens (tertiary/aromatic N) is 2. The molecule has 1 N–H and O–H groups in total. The second-order valence-electron chi connectivity index (χ2n) is 7.44. The standard InChI is InChI=1S/C20H33N3/c1-22-13-15-23(16-14-22)12-6-11-21-20-10-5-9-19(20)17-18-7-3-2-4-8-18/h2-4,7-8,19-21H,5-6,9-17H2,1H3/t19-,20-/m1/s1. The van der Waals surface area contributed by atoms with Crippen molar-refractivity contribution in [2.75, 3.05) is 46.3 Å². The Labute approximate surface area is 142 Å². The molecule has 0 spiro atoms. The Morgan fingerprint density at radius 2 is 1.83 bits per heavy atom. The summed E-state index contributed by atoms with van der Waals surface area (Å²) in [7, 11) is 2.23. The molecular formula is C20H33N3. The minimum atomic E-state index is 0.739. The maximum absolute atomic E-state index is 3.86. The highest BCUT2D eigenvalue weighted by atomic mass is 15.2. The molecule has 1 saturated heterocycles. The molecule has 1 saturated carbocycles. The molecule has 3 heteroatoms. The number of hydrogen-bond donors (Lipinski definition) is 1. The molecule has 3 nitrogen and oxygen atoms in total. The number of benzene rings is 1. The van der Waals surface area contributed by atoms with Crippen molar-refractivity contribution in [2.24, 2.45) is 5.92 Å². The molecule has 0 amide bonds. The van der Waals surface area contributed by atoms with Gasteiger partial charge in [0, 0.05) is 32.2 Å². The molecule has 0 radical (unpaired) electrons. The summed E-state index contributed by atoms with van der Waals surface area (Å²) < 4.78 is 0. The van der Waals surface area contributed by atoms with Gasteiger partial charge in [0.05, 0.1) is 0 Å². The van der Waals surface area contributed by atoms with Crippen molar-refractivity contribution < 1.29 is 0 Å². The summed E-state index contributed by atoms with van der Waals surface area (Å²) in [5.74, 6) is 0.834. The first-order chi connectivity index (χ1) is 11.3. The summed E-state index contributed by atoms with van der Waals surface area (Å²) in [5, 5.41) is 3.86. The highest BCUT2D eigenvalue weighted by Gasteiger charge is 2.26. The zero-order chi connectivity index (χ0) is 15.9. The Kier molecular flexibility index (Phi) is 6.49. The van der Waals surface area contributed by atoms with Crippen LogP contribution in [0, 0.1) is 5.92 Å². The number of rotatable bonds is 7. The van der Waals surface area contributed by atoms with Crippen LogP contribution in [0.1, 0.15) is 31.2 Å². The fourth-order valence-electron chi connectivity index (χ4n) is 4.13. The number of nitrogens with one attached hydrogen (secondary N) is 1. The summed E-state index contributed by atoms with van der Waals surface area (Å²) in [4.78, 5) is 5.05. The van der Waals surface area contributed by atoms with Crippen LogP contribution in [-0.2, 0) is 6.42 Å². The normalized spacial score (nSPS) is 26.7. The quantitative estimate of drug-likeness (QED) is 0.780. The fourth-order valence-corrected chi connectivity index (χ4v) is 4.13. The Morgan fingerprint density at radius 1 is 1.04 bits per heavy atom. The Hall–Kier alpha value is -0.900. The average molecular weight is 316 g/mol. The Bertz CT molecular complexity index is 439. The van der Waals surface area contributed by atoms with E-state index in [0.717, 1.165) is 12.0 Å². The van der Waals surface area contributed by atoms with E-state index < -0.39 is 0 Å². The van der Waals surface area contributed by atoms with Gasteiger partial charge in [-0.3, -0.25) is 0 Å². The van der Waals surface area contributed by atoms with Gasteiger partial charge in [0.2, 0.25) is 0 Å². The molecule has 2 fully saturated rings. The molecule has 2 atom stereocenters. The number of likely N-dealkylation sites (N-methyl/N-ethyl adjacent to an activating group) is 1. The van der Waals surface area contributed by atoms with Crippen LogP contribution in [0.3, 0.4) is 0 Å². The summed E-state index contributed by atoms with van der Waals surface area (Å²) in [6, 6.07) is 11.8. The van der Waals surface area contributed by atoms with Crippen molar-refractivity contribution in [3.8, 4) is 0 Å². The highest BCUT2D eigenvalue weighted by molar-refractivity contribution is 5.16. The maximum atomic E-state index is 3.86. The second-order valence-corrected chi connectivity index (χ2v) is 7.44. The van der Waals surface area contributed by atoms with Crippen LogP contribution in [0.15, 0.2) is 30.3 Å². The molecule has 0 aromatic heterocycles. The first kappa shape index (κ1) is 16.9. The van der Waals surface area contributed by atoms with Crippen LogP contribution < -0.4 is 5.32 Å². The van der Waals surface area contributed by atoms with Crippen molar-refractivity contribution in [1.82, 2.24) is 15.1 Å². The predicted octanol–water partition coefficient (Wildman–Crippen LogP) is 2.62. The van der Waals surface area contributed by atoms with E-state index in [2.05, 4.69) is 52.5 Å². The van der Waals surface area contributed by atoms with Gasteiger partial charge in [-0.1, -0.05) is 36.8 Å². The molecule has 0 bridgehead atoms. The van der Waals surface area contributed by atoms with Crippen molar-refractivity contribution >= 4 is 0 Å².